The third-order valence-corrected chi connectivity index (χ3v) is 1.12. The highest BCUT2D eigenvalue weighted by Gasteiger charge is 2.12. The van der Waals surface area contributed by atoms with Gasteiger partial charge in [-0.15, -0.1) is 0 Å². The average Bonchev–Trinajstić information content (AvgIpc) is 2.11. The van der Waals surface area contributed by atoms with E-state index in [1.54, 1.807) is 0 Å². The van der Waals surface area contributed by atoms with Gasteiger partial charge in [-0.05, 0) is 0 Å². The minimum Gasteiger partial charge on any atom is -0.481 e. The molecular formula is C7H9NO6. The lowest BCUT2D eigenvalue weighted by atomic mass is 10.3. The van der Waals surface area contributed by atoms with Gasteiger partial charge in [0.05, 0.1) is 12.8 Å². The molecule has 1 amide bonds. The molecule has 78 valence electrons. The minimum absolute atomic E-state index is 0.509. The summed E-state index contributed by atoms with van der Waals surface area (Å²) in [7, 11) is 0. The quantitative estimate of drug-likeness (QED) is 0.350. The number of aliphatic hydroxyl groups is 2. The van der Waals surface area contributed by atoms with Crippen LogP contribution in [0.15, 0.2) is 4.99 Å². The van der Waals surface area contributed by atoms with Gasteiger partial charge >= 0.3 is 5.97 Å². The number of aliphatic imine (C=N–C) groups is 1. The predicted octanol–water partition coefficient (Wildman–Crippen LogP) is -2.02. The molecule has 0 aromatic rings. The van der Waals surface area contributed by atoms with Crippen molar-refractivity contribution in [1.82, 2.24) is 0 Å². The molecule has 0 aromatic heterocycles. The number of nitrogens with zero attached hydrogens (tertiary/aromatic N) is 1. The lowest BCUT2D eigenvalue weighted by molar-refractivity contribution is -0.139. The first-order valence-corrected chi connectivity index (χ1v) is 3.58. The Morgan fingerprint density at radius 2 is 1.93 bits per heavy atom. The molecule has 0 saturated heterocycles. The van der Waals surface area contributed by atoms with E-state index in [1.807, 2.05) is 0 Å². The molecule has 7 nitrogen and oxygen atoms in total. The van der Waals surface area contributed by atoms with E-state index in [0.717, 1.165) is 0 Å². The van der Waals surface area contributed by atoms with Crippen molar-refractivity contribution in [2.45, 2.75) is 12.5 Å². The molecule has 1 atom stereocenters. The molecule has 0 aromatic carbocycles. The summed E-state index contributed by atoms with van der Waals surface area (Å²) in [6.07, 6.45) is -1.94. The molecule has 0 rings (SSSR count). The third kappa shape index (κ3) is 5.12. The topological polar surface area (TPSA) is 124 Å². The van der Waals surface area contributed by atoms with Gasteiger partial charge in [-0.1, -0.05) is 0 Å². The smallest absolute Gasteiger partial charge is 0.311 e. The summed E-state index contributed by atoms with van der Waals surface area (Å²) in [5.41, 5.74) is 0. The van der Waals surface area contributed by atoms with Gasteiger partial charge in [0.15, 0.2) is 11.9 Å². The maximum Gasteiger partial charge on any atom is 0.311 e. The number of carboxylic acids is 1. The number of hydrogen-bond donors (Lipinski definition) is 3. The summed E-state index contributed by atoms with van der Waals surface area (Å²) in [6.45, 7) is -0.802. The Morgan fingerprint density at radius 3 is 2.36 bits per heavy atom. The summed E-state index contributed by atoms with van der Waals surface area (Å²) in [5, 5.41) is 25.1. The van der Waals surface area contributed by atoms with Crippen molar-refractivity contribution < 1.29 is 29.7 Å². The Bertz CT molecular complexity index is 271. The molecular weight excluding hydrogens is 194 g/mol. The van der Waals surface area contributed by atoms with Crippen LogP contribution in [0, 0.1) is 0 Å². The van der Waals surface area contributed by atoms with E-state index in [-0.39, 0.29) is 0 Å². The normalized spacial score (nSPS) is 12.7. The number of hydrogen-bond acceptors (Lipinski definition) is 5. The maximum absolute atomic E-state index is 10.7. The molecule has 1 unspecified atom stereocenters. The maximum atomic E-state index is 10.7. The fourth-order valence-electron chi connectivity index (χ4n) is 0.494. The van der Waals surface area contributed by atoms with Crippen LogP contribution in [0.3, 0.4) is 0 Å². The van der Waals surface area contributed by atoms with Crippen LogP contribution in [0.2, 0.25) is 0 Å². The van der Waals surface area contributed by atoms with Crippen molar-refractivity contribution in [3.63, 3.8) is 0 Å². The Kier molecular flexibility index (Phi) is 5.27. The van der Waals surface area contributed by atoms with Crippen LogP contribution < -0.4 is 0 Å². The molecule has 0 aliphatic rings. The van der Waals surface area contributed by atoms with Crippen molar-refractivity contribution in [2.75, 3.05) is 6.61 Å². The van der Waals surface area contributed by atoms with E-state index < -0.39 is 36.8 Å². The lowest BCUT2D eigenvalue weighted by Gasteiger charge is -1.98. The third-order valence-electron chi connectivity index (χ3n) is 1.12. The van der Waals surface area contributed by atoms with Crippen LogP contribution in [0.5, 0.6) is 0 Å². The first kappa shape index (κ1) is 12.4. The van der Waals surface area contributed by atoms with Gasteiger partial charge in [-0.25, -0.2) is 4.99 Å². The average molecular weight is 203 g/mol. The van der Waals surface area contributed by atoms with Crippen molar-refractivity contribution >= 4 is 23.9 Å². The highest BCUT2D eigenvalue weighted by atomic mass is 16.4. The standard InChI is InChI=1S/C7H9NO6/c9-3-5(11)7(14)8-2-4(10)1-6(12)13/h2,5,9,11H,1,3H2,(H,12,13). The molecule has 0 bridgehead atoms. The Hall–Kier alpha value is -1.60. The molecule has 7 heteroatoms. The molecule has 0 fully saturated rings. The fraction of sp³-hybridized carbons (Fsp3) is 0.429. The number of aliphatic hydroxyl groups excluding tert-OH is 2. The number of Topliss-reactive ketones (excluding diaryl/α,β-unsaturated/α-hetero) is 1. The molecule has 0 aliphatic carbocycles. The van der Waals surface area contributed by atoms with Crippen molar-refractivity contribution in [3.8, 4) is 0 Å². The van der Waals surface area contributed by atoms with E-state index >= 15 is 0 Å². The van der Waals surface area contributed by atoms with Crippen LogP contribution in [0.25, 0.3) is 0 Å². The van der Waals surface area contributed by atoms with Crippen molar-refractivity contribution in [1.29, 1.82) is 0 Å². The molecule has 3 N–H and O–H groups in total. The zero-order valence-corrected chi connectivity index (χ0v) is 7.08. The second-order valence-corrected chi connectivity index (χ2v) is 2.33. The zero-order chi connectivity index (χ0) is 11.1. The number of aliphatic carboxylic acids is 1. The van der Waals surface area contributed by atoms with Crippen molar-refractivity contribution in [2.24, 2.45) is 4.99 Å². The molecule has 0 spiro atoms. The van der Waals surface area contributed by atoms with Gasteiger partial charge in [-0.2, -0.15) is 0 Å². The van der Waals surface area contributed by atoms with Crippen molar-refractivity contribution in [3.05, 3.63) is 0 Å². The zero-order valence-electron chi connectivity index (χ0n) is 7.08. The SMILES string of the molecule is O=C(O)CC(=O)C=NC(=O)C(O)CO. The van der Waals surface area contributed by atoms with E-state index in [2.05, 4.69) is 4.99 Å². The predicted molar refractivity (Wildman–Crippen MR) is 43.9 cm³/mol. The highest BCUT2D eigenvalue weighted by molar-refractivity contribution is 6.32. The molecule has 0 saturated carbocycles. The van der Waals surface area contributed by atoms with Crippen LogP contribution in [0.1, 0.15) is 6.42 Å². The molecule has 0 heterocycles. The second kappa shape index (κ2) is 5.95. The van der Waals surface area contributed by atoms with Crippen LogP contribution in [0.4, 0.5) is 0 Å². The second-order valence-electron chi connectivity index (χ2n) is 2.33. The minimum atomic E-state index is -1.68. The Labute approximate surface area is 78.7 Å². The Balaban J connectivity index is 4.10. The molecule has 14 heavy (non-hydrogen) atoms. The monoisotopic (exact) mass is 203 g/mol. The van der Waals surface area contributed by atoms with Gasteiger partial charge in [0, 0.05) is 0 Å². The van der Waals surface area contributed by atoms with Gasteiger partial charge < -0.3 is 15.3 Å². The van der Waals surface area contributed by atoms with E-state index in [0.29, 0.717) is 6.21 Å². The van der Waals surface area contributed by atoms with E-state index in [9.17, 15) is 14.4 Å². The number of rotatable bonds is 5. The van der Waals surface area contributed by atoms with E-state index in [4.69, 9.17) is 15.3 Å². The first-order valence-electron chi connectivity index (χ1n) is 3.58. The summed E-state index contributed by atoms with van der Waals surface area (Å²) in [4.78, 5) is 34.2. The molecule has 0 aliphatic heterocycles. The Morgan fingerprint density at radius 1 is 1.36 bits per heavy atom. The molecule has 0 radical (unpaired) electrons. The van der Waals surface area contributed by atoms with Gasteiger partial charge in [-0.3, -0.25) is 14.4 Å². The number of carboxylic acid groups (broad SMARTS) is 1. The number of ketones is 1. The highest BCUT2D eigenvalue weighted by Crippen LogP contribution is 1.86. The van der Waals surface area contributed by atoms with Gasteiger partial charge in [0.25, 0.3) is 5.91 Å². The lowest BCUT2D eigenvalue weighted by Crippen LogP contribution is -2.23. The fourth-order valence-corrected chi connectivity index (χ4v) is 0.494. The summed E-state index contributed by atoms with van der Waals surface area (Å²) in [5.74, 6) is -3.29. The summed E-state index contributed by atoms with van der Waals surface area (Å²) < 4.78 is 0. The van der Waals surface area contributed by atoms with Gasteiger partial charge in [0.1, 0.15) is 6.42 Å². The summed E-state index contributed by atoms with van der Waals surface area (Å²) >= 11 is 0. The summed E-state index contributed by atoms with van der Waals surface area (Å²) in [6, 6.07) is 0. The van der Waals surface area contributed by atoms with E-state index in [1.165, 1.54) is 0 Å². The number of carbonyl (C=O) groups is 3. The number of carbonyl (C=O) groups excluding carboxylic acids is 2. The van der Waals surface area contributed by atoms with Crippen LogP contribution >= 0.6 is 0 Å². The number of amides is 1. The van der Waals surface area contributed by atoms with Crippen LogP contribution in [-0.4, -0.2) is 51.9 Å². The largest absolute Gasteiger partial charge is 0.481 e. The first-order chi connectivity index (χ1) is 6.47. The van der Waals surface area contributed by atoms with Crippen LogP contribution in [-0.2, 0) is 14.4 Å². The van der Waals surface area contributed by atoms with Gasteiger partial charge in [0.2, 0.25) is 0 Å².